The average molecular weight is 264 g/mol. The van der Waals surface area contributed by atoms with Crippen LogP contribution in [-0.4, -0.2) is 16.1 Å². The fraction of sp³-hybridized carbons (Fsp3) is 0.357. The highest BCUT2D eigenvalue weighted by Crippen LogP contribution is 2.17. The van der Waals surface area contributed by atoms with E-state index in [0.29, 0.717) is 0 Å². The normalized spacial score (nSPS) is 10.8. The van der Waals surface area contributed by atoms with Crippen molar-refractivity contribution in [1.29, 1.82) is 0 Å². The van der Waals surface area contributed by atoms with E-state index in [2.05, 4.69) is 41.0 Å². The molecule has 1 N–H and O–H groups in total. The van der Waals surface area contributed by atoms with E-state index in [4.69, 9.17) is 11.6 Å². The minimum Gasteiger partial charge on any atom is -0.347 e. The quantitative estimate of drug-likeness (QED) is 0.899. The molecule has 0 saturated carbocycles. The molecule has 0 aliphatic heterocycles. The van der Waals surface area contributed by atoms with Crippen LogP contribution in [0.1, 0.15) is 23.7 Å². The molecule has 0 bridgehead atoms. The van der Waals surface area contributed by atoms with Crippen LogP contribution in [0.3, 0.4) is 0 Å². The van der Waals surface area contributed by atoms with Gasteiger partial charge in [-0.05, 0) is 36.7 Å². The fourth-order valence-electron chi connectivity index (χ4n) is 1.93. The maximum absolute atomic E-state index is 6.13. The molecule has 0 saturated heterocycles. The first-order chi connectivity index (χ1) is 8.72. The van der Waals surface area contributed by atoms with Gasteiger partial charge < -0.3 is 9.88 Å². The summed E-state index contributed by atoms with van der Waals surface area (Å²) in [6.45, 7) is 6.95. The van der Waals surface area contributed by atoms with Gasteiger partial charge in [-0.2, -0.15) is 0 Å². The SMILES string of the molecule is CCNCc1ccn(Cc2ccncc2Cl)c1C. The van der Waals surface area contributed by atoms with Gasteiger partial charge in [0.2, 0.25) is 0 Å². The number of nitrogens with one attached hydrogen (secondary N) is 1. The molecular formula is C14H18ClN3. The summed E-state index contributed by atoms with van der Waals surface area (Å²) in [6, 6.07) is 4.12. The van der Waals surface area contributed by atoms with Crippen molar-refractivity contribution >= 4 is 11.6 Å². The van der Waals surface area contributed by atoms with E-state index in [0.717, 1.165) is 30.2 Å². The van der Waals surface area contributed by atoms with Crippen LogP contribution in [0, 0.1) is 6.92 Å². The highest BCUT2D eigenvalue weighted by Gasteiger charge is 2.06. The van der Waals surface area contributed by atoms with Gasteiger partial charge >= 0.3 is 0 Å². The Hall–Kier alpha value is -1.32. The number of nitrogens with zero attached hydrogens (tertiary/aromatic N) is 2. The standard InChI is InChI=1S/C14H18ClN3/c1-3-16-8-12-5-7-18(11(12)2)10-13-4-6-17-9-14(13)15/h4-7,9,16H,3,8,10H2,1-2H3. The monoisotopic (exact) mass is 263 g/mol. The van der Waals surface area contributed by atoms with Crippen molar-refractivity contribution in [3.8, 4) is 0 Å². The van der Waals surface area contributed by atoms with E-state index < -0.39 is 0 Å². The Morgan fingerprint density at radius 2 is 2.17 bits per heavy atom. The highest BCUT2D eigenvalue weighted by atomic mass is 35.5. The lowest BCUT2D eigenvalue weighted by molar-refractivity contribution is 0.710. The van der Waals surface area contributed by atoms with Crippen molar-refractivity contribution in [2.45, 2.75) is 26.9 Å². The summed E-state index contributed by atoms with van der Waals surface area (Å²) in [7, 11) is 0. The van der Waals surface area contributed by atoms with Gasteiger partial charge in [0.05, 0.1) is 5.02 Å². The van der Waals surface area contributed by atoms with E-state index in [1.165, 1.54) is 11.3 Å². The summed E-state index contributed by atoms with van der Waals surface area (Å²) >= 11 is 6.13. The largest absolute Gasteiger partial charge is 0.347 e. The number of hydrogen-bond acceptors (Lipinski definition) is 2. The van der Waals surface area contributed by atoms with Gasteiger partial charge in [-0.3, -0.25) is 4.98 Å². The van der Waals surface area contributed by atoms with Gasteiger partial charge in [0, 0.05) is 37.4 Å². The predicted molar refractivity (Wildman–Crippen MR) is 74.9 cm³/mol. The Labute approximate surface area is 113 Å². The summed E-state index contributed by atoms with van der Waals surface area (Å²) in [5.41, 5.74) is 3.71. The second-order valence-corrected chi connectivity index (χ2v) is 4.71. The molecule has 0 aliphatic rings. The lowest BCUT2D eigenvalue weighted by Crippen LogP contribution is -2.12. The molecule has 2 rings (SSSR count). The van der Waals surface area contributed by atoms with Crippen LogP contribution >= 0.6 is 11.6 Å². The second kappa shape index (κ2) is 6.03. The molecule has 0 unspecified atom stereocenters. The van der Waals surface area contributed by atoms with Gasteiger partial charge in [-0.1, -0.05) is 18.5 Å². The summed E-state index contributed by atoms with van der Waals surface area (Å²) in [5, 5.41) is 4.07. The molecule has 0 spiro atoms. The fourth-order valence-corrected chi connectivity index (χ4v) is 2.11. The van der Waals surface area contributed by atoms with Crippen LogP contribution < -0.4 is 5.32 Å². The van der Waals surface area contributed by atoms with Gasteiger partial charge in [-0.25, -0.2) is 0 Å². The zero-order valence-corrected chi connectivity index (χ0v) is 11.5. The molecule has 0 atom stereocenters. The maximum Gasteiger partial charge on any atom is 0.0639 e. The van der Waals surface area contributed by atoms with Crippen molar-refractivity contribution in [3.05, 3.63) is 52.6 Å². The topological polar surface area (TPSA) is 29.9 Å². The van der Waals surface area contributed by atoms with E-state index in [1.807, 2.05) is 6.07 Å². The summed E-state index contributed by atoms with van der Waals surface area (Å²) in [5.74, 6) is 0. The van der Waals surface area contributed by atoms with Crippen molar-refractivity contribution in [2.24, 2.45) is 0 Å². The first kappa shape index (κ1) is 13.1. The van der Waals surface area contributed by atoms with Gasteiger partial charge in [0.15, 0.2) is 0 Å². The van der Waals surface area contributed by atoms with Crippen molar-refractivity contribution in [2.75, 3.05) is 6.54 Å². The molecular weight excluding hydrogens is 246 g/mol. The first-order valence-electron chi connectivity index (χ1n) is 6.16. The molecule has 0 fully saturated rings. The Kier molecular flexibility index (Phi) is 4.39. The molecule has 0 aliphatic carbocycles. The number of rotatable bonds is 5. The summed E-state index contributed by atoms with van der Waals surface area (Å²) in [6.07, 6.45) is 5.58. The third-order valence-electron chi connectivity index (χ3n) is 3.11. The third kappa shape index (κ3) is 2.92. The Balaban J connectivity index is 2.15. The summed E-state index contributed by atoms with van der Waals surface area (Å²) in [4.78, 5) is 4.00. The zero-order chi connectivity index (χ0) is 13.0. The van der Waals surface area contributed by atoms with Crippen LogP contribution in [0.25, 0.3) is 0 Å². The number of aromatic nitrogens is 2. The minimum atomic E-state index is 0.721. The summed E-state index contributed by atoms with van der Waals surface area (Å²) < 4.78 is 2.22. The predicted octanol–water partition coefficient (Wildman–Crippen LogP) is 3.00. The molecule has 0 aromatic carbocycles. The molecule has 3 nitrogen and oxygen atoms in total. The van der Waals surface area contributed by atoms with Crippen LogP contribution in [0.2, 0.25) is 5.02 Å². The molecule has 4 heteroatoms. The Morgan fingerprint density at radius 1 is 1.33 bits per heavy atom. The van der Waals surface area contributed by atoms with E-state index >= 15 is 0 Å². The average Bonchev–Trinajstić information content (AvgIpc) is 2.71. The molecule has 2 heterocycles. The Morgan fingerprint density at radius 3 is 2.89 bits per heavy atom. The van der Waals surface area contributed by atoms with Gasteiger partial charge in [0.25, 0.3) is 0 Å². The first-order valence-corrected chi connectivity index (χ1v) is 6.54. The molecule has 2 aromatic heterocycles. The molecule has 2 aromatic rings. The molecule has 96 valence electrons. The maximum atomic E-state index is 6.13. The van der Waals surface area contributed by atoms with E-state index in [-0.39, 0.29) is 0 Å². The van der Waals surface area contributed by atoms with Crippen LogP contribution in [0.15, 0.2) is 30.7 Å². The van der Waals surface area contributed by atoms with Gasteiger partial charge in [-0.15, -0.1) is 0 Å². The number of pyridine rings is 1. The van der Waals surface area contributed by atoms with E-state index in [1.54, 1.807) is 12.4 Å². The van der Waals surface area contributed by atoms with Crippen LogP contribution in [0.4, 0.5) is 0 Å². The van der Waals surface area contributed by atoms with E-state index in [9.17, 15) is 0 Å². The highest BCUT2D eigenvalue weighted by molar-refractivity contribution is 6.31. The Bertz CT molecular complexity index is 520. The lowest BCUT2D eigenvalue weighted by atomic mass is 10.2. The van der Waals surface area contributed by atoms with Crippen molar-refractivity contribution in [3.63, 3.8) is 0 Å². The van der Waals surface area contributed by atoms with Crippen LogP contribution in [0.5, 0.6) is 0 Å². The zero-order valence-electron chi connectivity index (χ0n) is 10.8. The number of hydrogen-bond donors (Lipinski definition) is 1. The lowest BCUT2D eigenvalue weighted by Gasteiger charge is -2.09. The second-order valence-electron chi connectivity index (χ2n) is 4.30. The molecule has 0 amide bonds. The minimum absolute atomic E-state index is 0.721. The number of halogens is 1. The third-order valence-corrected chi connectivity index (χ3v) is 3.45. The smallest absolute Gasteiger partial charge is 0.0639 e. The van der Waals surface area contributed by atoms with Crippen molar-refractivity contribution < 1.29 is 0 Å². The van der Waals surface area contributed by atoms with Crippen LogP contribution in [-0.2, 0) is 13.1 Å². The van der Waals surface area contributed by atoms with Crippen molar-refractivity contribution in [1.82, 2.24) is 14.9 Å². The molecule has 0 radical (unpaired) electrons. The molecule has 18 heavy (non-hydrogen) atoms. The van der Waals surface area contributed by atoms with Gasteiger partial charge in [0.1, 0.15) is 0 Å².